The Morgan fingerprint density at radius 3 is 2.14 bits per heavy atom. The Morgan fingerprint density at radius 1 is 1.04 bits per heavy atom. The van der Waals surface area contributed by atoms with Crippen LogP contribution in [-0.4, -0.2) is 27.4 Å². The second-order valence-electron chi connectivity index (χ2n) is 5.56. The molecule has 2 rings (SSSR count). The first-order valence-electron chi connectivity index (χ1n) is 7.64. The number of sulfonamides is 1. The van der Waals surface area contributed by atoms with Crippen LogP contribution < -0.4 is 10.0 Å². The number of nitrogens with one attached hydrogen (secondary N) is 2. The highest BCUT2D eigenvalue weighted by Crippen LogP contribution is 2.37. The molecule has 0 aliphatic heterocycles. The second kappa shape index (κ2) is 7.89. The van der Waals surface area contributed by atoms with Crippen molar-refractivity contribution in [3.63, 3.8) is 0 Å². The van der Waals surface area contributed by atoms with E-state index in [1.165, 1.54) is 12.1 Å². The van der Waals surface area contributed by atoms with Crippen LogP contribution in [0.1, 0.15) is 22.8 Å². The predicted molar refractivity (Wildman–Crippen MR) is 94.3 cm³/mol. The van der Waals surface area contributed by atoms with Crippen LogP contribution in [0.5, 0.6) is 0 Å². The van der Waals surface area contributed by atoms with Gasteiger partial charge in [0.1, 0.15) is 0 Å². The lowest BCUT2D eigenvalue weighted by atomic mass is 10.1. The Balaban J connectivity index is 2.40. The summed E-state index contributed by atoms with van der Waals surface area (Å²) >= 11 is 0. The van der Waals surface area contributed by atoms with Crippen LogP contribution in [0, 0.1) is 0 Å². The van der Waals surface area contributed by atoms with Crippen molar-refractivity contribution in [3.05, 3.63) is 53.6 Å². The van der Waals surface area contributed by atoms with E-state index in [1.54, 1.807) is 0 Å². The summed E-state index contributed by atoms with van der Waals surface area (Å²) in [5, 5.41) is 2.20. The Bertz CT molecular complexity index is 1000. The Labute approximate surface area is 158 Å². The maximum atomic E-state index is 13.3. The lowest BCUT2D eigenvalue weighted by Crippen LogP contribution is -2.18. The third-order valence-corrected chi connectivity index (χ3v) is 4.86. The summed E-state index contributed by atoms with van der Waals surface area (Å²) < 4.78 is 71.2. The van der Waals surface area contributed by atoms with E-state index >= 15 is 0 Å². The molecule has 11 heteroatoms. The number of hydrogen-bond acceptors (Lipinski definition) is 5. The van der Waals surface area contributed by atoms with E-state index in [0.717, 1.165) is 38.3 Å². The lowest BCUT2D eigenvalue weighted by molar-refractivity contribution is -0.136. The minimum atomic E-state index is -4.87. The van der Waals surface area contributed by atoms with Gasteiger partial charge in [0.05, 0.1) is 28.8 Å². The minimum Gasteiger partial charge on any atom is -0.465 e. The molecule has 0 fully saturated rings. The molecule has 0 aromatic heterocycles. The molecule has 0 saturated heterocycles. The molecule has 0 unspecified atom stereocenters. The lowest BCUT2D eigenvalue weighted by Gasteiger charge is -2.16. The number of benzene rings is 2. The maximum absolute atomic E-state index is 13.3. The molecule has 1 amide bonds. The number of methoxy groups -OCH3 is 1. The number of esters is 1. The van der Waals surface area contributed by atoms with E-state index in [1.807, 2.05) is 4.72 Å². The molecule has 0 heterocycles. The van der Waals surface area contributed by atoms with Crippen molar-refractivity contribution in [3.8, 4) is 0 Å². The van der Waals surface area contributed by atoms with Gasteiger partial charge in [0.2, 0.25) is 5.91 Å². The Kier molecular flexibility index (Phi) is 5.98. The standard InChI is InChI=1S/C17H15F3N2O5S/c1-10(23)21-12-5-8-15(14(9-12)17(18,19)20)22-28(25,26)13-6-3-11(4-7-13)16(24)27-2/h3-9,22H,1-2H3,(H,21,23). The van der Waals surface area contributed by atoms with Gasteiger partial charge in [0.15, 0.2) is 0 Å². The maximum Gasteiger partial charge on any atom is 0.418 e. The van der Waals surface area contributed by atoms with E-state index in [2.05, 4.69) is 10.1 Å². The fourth-order valence-corrected chi connectivity index (χ4v) is 3.32. The van der Waals surface area contributed by atoms with Crippen LogP contribution in [0.4, 0.5) is 24.5 Å². The van der Waals surface area contributed by atoms with Crippen LogP contribution in [0.3, 0.4) is 0 Å². The number of anilines is 2. The molecule has 0 aliphatic rings. The normalized spacial score (nSPS) is 11.6. The first-order valence-corrected chi connectivity index (χ1v) is 9.12. The minimum absolute atomic E-state index is 0.0806. The number of carbonyl (C=O) groups excluding carboxylic acids is 2. The number of ether oxygens (including phenoxy) is 1. The molecule has 2 N–H and O–H groups in total. The van der Waals surface area contributed by atoms with Crippen molar-refractivity contribution in [1.82, 2.24) is 0 Å². The zero-order chi connectivity index (χ0) is 21.1. The summed E-state index contributed by atoms with van der Waals surface area (Å²) in [7, 11) is -3.22. The molecule has 0 atom stereocenters. The van der Waals surface area contributed by atoms with Gasteiger partial charge >= 0.3 is 12.1 Å². The van der Waals surface area contributed by atoms with Crippen LogP contribution in [0.25, 0.3) is 0 Å². The molecule has 2 aromatic carbocycles. The van der Waals surface area contributed by atoms with Gasteiger partial charge in [-0.05, 0) is 42.5 Å². The van der Waals surface area contributed by atoms with Gasteiger partial charge in [-0.3, -0.25) is 9.52 Å². The van der Waals surface area contributed by atoms with Crippen LogP contribution in [0.15, 0.2) is 47.4 Å². The average Bonchev–Trinajstić information content (AvgIpc) is 2.61. The first-order chi connectivity index (χ1) is 12.9. The number of halogens is 3. The largest absolute Gasteiger partial charge is 0.465 e. The van der Waals surface area contributed by atoms with Gasteiger partial charge in [-0.15, -0.1) is 0 Å². The third kappa shape index (κ3) is 5.00. The van der Waals surface area contributed by atoms with Crippen molar-refractivity contribution < 1.29 is 35.9 Å². The van der Waals surface area contributed by atoms with Crippen LogP contribution in [0.2, 0.25) is 0 Å². The van der Waals surface area contributed by atoms with Gasteiger partial charge in [-0.25, -0.2) is 13.2 Å². The van der Waals surface area contributed by atoms with E-state index in [4.69, 9.17) is 0 Å². The highest BCUT2D eigenvalue weighted by Gasteiger charge is 2.35. The summed E-state index contributed by atoms with van der Waals surface area (Å²) in [6, 6.07) is 7.12. The van der Waals surface area contributed by atoms with Crippen molar-refractivity contribution in [2.75, 3.05) is 17.1 Å². The van der Waals surface area contributed by atoms with E-state index < -0.39 is 39.3 Å². The predicted octanol–water partition coefficient (Wildman–Crippen LogP) is 3.25. The molecule has 0 spiro atoms. The summed E-state index contributed by atoms with van der Waals surface area (Å²) in [5.74, 6) is -1.27. The molecular formula is C17H15F3N2O5S. The molecule has 2 aromatic rings. The number of amides is 1. The number of rotatable bonds is 5. The highest BCUT2D eigenvalue weighted by atomic mass is 32.2. The second-order valence-corrected chi connectivity index (χ2v) is 7.24. The van der Waals surface area contributed by atoms with Crippen molar-refractivity contribution >= 4 is 33.3 Å². The monoisotopic (exact) mass is 416 g/mol. The van der Waals surface area contributed by atoms with Crippen molar-refractivity contribution in [1.29, 1.82) is 0 Å². The van der Waals surface area contributed by atoms with Crippen molar-refractivity contribution in [2.45, 2.75) is 18.0 Å². The van der Waals surface area contributed by atoms with E-state index in [9.17, 15) is 31.2 Å². The quantitative estimate of drug-likeness (QED) is 0.729. The smallest absolute Gasteiger partial charge is 0.418 e. The zero-order valence-corrected chi connectivity index (χ0v) is 15.4. The number of hydrogen-bond donors (Lipinski definition) is 2. The average molecular weight is 416 g/mol. The fraction of sp³-hybridized carbons (Fsp3) is 0.176. The van der Waals surface area contributed by atoms with Gasteiger partial charge in [-0.2, -0.15) is 13.2 Å². The molecular weight excluding hydrogens is 401 g/mol. The zero-order valence-electron chi connectivity index (χ0n) is 14.6. The Morgan fingerprint density at radius 2 is 1.64 bits per heavy atom. The molecule has 0 radical (unpaired) electrons. The SMILES string of the molecule is COC(=O)c1ccc(S(=O)(=O)Nc2ccc(NC(C)=O)cc2C(F)(F)F)cc1. The Hall–Kier alpha value is -3.08. The molecule has 0 aliphatic carbocycles. The topological polar surface area (TPSA) is 102 Å². The summed E-state index contributed by atoms with van der Waals surface area (Å²) in [4.78, 5) is 22.1. The fourth-order valence-electron chi connectivity index (χ4n) is 2.24. The third-order valence-electron chi connectivity index (χ3n) is 3.48. The molecule has 150 valence electrons. The van der Waals surface area contributed by atoms with Gasteiger partial charge in [0.25, 0.3) is 10.0 Å². The molecule has 0 bridgehead atoms. The molecule has 0 saturated carbocycles. The summed E-state index contributed by atoms with van der Waals surface area (Å²) in [6.45, 7) is 1.13. The highest BCUT2D eigenvalue weighted by molar-refractivity contribution is 7.92. The van der Waals surface area contributed by atoms with Gasteiger partial charge in [-0.1, -0.05) is 0 Å². The number of carbonyl (C=O) groups is 2. The van der Waals surface area contributed by atoms with Gasteiger partial charge < -0.3 is 10.1 Å². The summed E-state index contributed by atoms with van der Waals surface area (Å²) in [6.07, 6.45) is -4.87. The summed E-state index contributed by atoms with van der Waals surface area (Å²) in [5.41, 5.74) is -2.03. The van der Waals surface area contributed by atoms with Gasteiger partial charge in [0, 0.05) is 12.6 Å². The first kappa shape index (κ1) is 21.2. The molecule has 7 nitrogen and oxygen atoms in total. The van der Waals surface area contributed by atoms with E-state index in [-0.39, 0.29) is 16.1 Å². The molecule has 28 heavy (non-hydrogen) atoms. The van der Waals surface area contributed by atoms with E-state index in [0.29, 0.717) is 6.07 Å². The number of alkyl halides is 3. The van der Waals surface area contributed by atoms with Crippen LogP contribution >= 0.6 is 0 Å². The van der Waals surface area contributed by atoms with Crippen LogP contribution in [-0.2, 0) is 25.7 Å². The van der Waals surface area contributed by atoms with Crippen molar-refractivity contribution in [2.24, 2.45) is 0 Å².